The third kappa shape index (κ3) is 2.71. The van der Waals surface area contributed by atoms with Crippen LogP contribution in [0.2, 0.25) is 0 Å². The summed E-state index contributed by atoms with van der Waals surface area (Å²) in [6.07, 6.45) is 4.18. The lowest BCUT2D eigenvalue weighted by molar-refractivity contribution is 0.937. The number of nitrogens with zero attached hydrogens (tertiary/aromatic N) is 3. The van der Waals surface area contributed by atoms with Gasteiger partial charge < -0.3 is 0 Å². The predicted molar refractivity (Wildman–Crippen MR) is 97.3 cm³/mol. The monoisotopic (exact) mass is 328 g/mol. The first kappa shape index (κ1) is 14.4. The number of nitriles is 1. The Morgan fingerprint density at radius 2 is 1.92 bits per heavy atom. The Labute approximate surface area is 142 Å². The highest BCUT2D eigenvalue weighted by atomic mass is 32.1. The van der Waals surface area contributed by atoms with E-state index in [0.29, 0.717) is 11.4 Å². The highest BCUT2D eigenvalue weighted by Gasteiger charge is 2.09. The van der Waals surface area contributed by atoms with Crippen molar-refractivity contribution in [3.63, 3.8) is 0 Å². The minimum absolute atomic E-state index is 0.306. The van der Waals surface area contributed by atoms with Crippen LogP contribution in [-0.4, -0.2) is 15.4 Å². The minimum atomic E-state index is 0.306. The van der Waals surface area contributed by atoms with E-state index in [1.165, 1.54) is 15.0 Å². The van der Waals surface area contributed by atoms with Gasteiger partial charge in [-0.25, -0.2) is 0 Å². The van der Waals surface area contributed by atoms with Crippen LogP contribution in [0.15, 0.2) is 54.6 Å². The zero-order chi connectivity index (χ0) is 16.4. The van der Waals surface area contributed by atoms with Gasteiger partial charge in [0.15, 0.2) is 5.69 Å². The van der Waals surface area contributed by atoms with Gasteiger partial charge in [-0.3, -0.25) is 0 Å². The molecule has 0 bridgehead atoms. The number of rotatable bonds is 3. The molecule has 2 aromatic heterocycles. The van der Waals surface area contributed by atoms with Crippen LogP contribution in [0.5, 0.6) is 0 Å². The van der Waals surface area contributed by atoms with E-state index >= 15 is 0 Å². The Balaban J connectivity index is 1.65. The molecule has 1 N–H and O–H groups in total. The summed E-state index contributed by atoms with van der Waals surface area (Å²) in [5, 5.41) is 20.7. The van der Waals surface area contributed by atoms with Crippen LogP contribution in [-0.2, 0) is 0 Å². The van der Waals surface area contributed by atoms with Crippen LogP contribution < -0.4 is 0 Å². The SMILES string of the molecule is N#Cc1n[nH]nc1-c1cccc(C=Cc2cc3ccccc3s2)c1. The number of hydrogen-bond acceptors (Lipinski definition) is 4. The molecule has 0 saturated carbocycles. The normalized spacial score (nSPS) is 11.1. The molecule has 4 nitrogen and oxygen atoms in total. The lowest BCUT2D eigenvalue weighted by Crippen LogP contribution is -1.83. The van der Waals surface area contributed by atoms with Gasteiger partial charge >= 0.3 is 0 Å². The fourth-order valence-electron chi connectivity index (χ4n) is 2.56. The summed E-state index contributed by atoms with van der Waals surface area (Å²) in [4.78, 5) is 1.21. The Morgan fingerprint density at radius 1 is 1.00 bits per heavy atom. The first-order valence-electron chi connectivity index (χ1n) is 7.41. The molecule has 2 heterocycles. The molecule has 0 saturated heterocycles. The number of nitrogens with one attached hydrogen (secondary N) is 1. The van der Waals surface area contributed by atoms with Gasteiger partial charge in [0.2, 0.25) is 0 Å². The van der Waals surface area contributed by atoms with E-state index in [0.717, 1.165) is 11.1 Å². The summed E-state index contributed by atoms with van der Waals surface area (Å²) >= 11 is 1.77. The first-order chi connectivity index (χ1) is 11.8. The summed E-state index contributed by atoms with van der Waals surface area (Å²) < 4.78 is 1.28. The van der Waals surface area contributed by atoms with Crippen molar-refractivity contribution < 1.29 is 0 Å². The summed E-state index contributed by atoms with van der Waals surface area (Å²) in [5.41, 5.74) is 2.81. The predicted octanol–water partition coefficient (Wildman–Crippen LogP) is 4.73. The van der Waals surface area contributed by atoms with Crippen molar-refractivity contribution in [3.05, 3.63) is 70.7 Å². The maximum absolute atomic E-state index is 9.07. The quantitative estimate of drug-likeness (QED) is 0.591. The van der Waals surface area contributed by atoms with E-state index in [4.69, 9.17) is 5.26 Å². The van der Waals surface area contributed by atoms with Crippen LogP contribution in [0.3, 0.4) is 0 Å². The van der Waals surface area contributed by atoms with Crippen LogP contribution in [0.4, 0.5) is 0 Å². The van der Waals surface area contributed by atoms with Crippen molar-refractivity contribution in [2.45, 2.75) is 0 Å². The topological polar surface area (TPSA) is 65.4 Å². The van der Waals surface area contributed by atoms with E-state index in [2.05, 4.69) is 57.9 Å². The van der Waals surface area contributed by atoms with Crippen molar-refractivity contribution in [2.75, 3.05) is 0 Å². The molecule has 0 aliphatic heterocycles. The second-order valence-electron chi connectivity index (χ2n) is 5.28. The van der Waals surface area contributed by atoms with Gasteiger partial charge in [-0.2, -0.15) is 15.6 Å². The molecule has 0 aliphatic carbocycles. The van der Waals surface area contributed by atoms with Crippen LogP contribution in [0.1, 0.15) is 16.1 Å². The van der Waals surface area contributed by atoms with Crippen molar-refractivity contribution in [1.29, 1.82) is 5.26 Å². The maximum atomic E-state index is 9.07. The molecule has 5 heteroatoms. The molecule has 0 atom stereocenters. The molecule has 0 amide bonds. The number of aromatic nitrogens is 3. The van der Waals surface area contributed by atoms with E-state index in [1.54, 1.807) is 11.3 Å². The van der Waals surface area contributed by atoms with Gasteiger partial charge in [0.1, 0.15) is 11.8 Å². The van der Waals surface area contributed by atoms with Gasteiger partial charge in [0.25, 0.3) is 0 Å². The number of H-pyrrole nitrogens is 1. The summed E-state index contributed by atoms with van der Waals surface area (Å²) in [6.45, 7) is 0. The zero-order valence-corrected chi connectivity index (χ0v) is 13.4. The van der Waals surface area contributed by atoms with Crippen molar-refractivity contribution >= 4 is 33.6 Å². The zero-order valence-electron chi connectivity index (χ0n) is 12.6. The number of fused-ring (bicyclic) bond motifs is 1. The number of benzene rings is 2. The standard InChI is InChI=1S/C19H12N4S/c20-12-17-19(22-23-21-17)15-6-3-4-13(10-15)8-9-16-11-14-5-1-2-7-18(14)24-16/h1-11H,(H,21,22,23). The molecule has 0 fully saturated rings. The fraction of sp³-hybridized carbons (Fsp3) is 0. The number of hydrogen-bond donors (Lipinski definition) is 1. The molecule has 24 heavy (non-hydrogen) atoms. The third-order valence-corrected chi connectivity index (χ3v) is 4.78. The van der Waals surface area contributed by atoms with E-state index in [-0.39, 0.29) is 0 Å². The summed E-state index contributed by atoms with van der Waals surface area (Å²) in [7, 11) is 0. The molecule has 0 spiro atoms. The second-order valence-corrected chi connectivity index (χ2v) is 6.39. The molecule has 4 aromatic rings. The summed E-state index contributed by atoms with van der Waals surface area (Å²) in [6, 6.07) is 20.5. The fourth-order valence-corrected chi connectivity index (χ4v) is 3.53. The van der Waals surface area contributed by atoms with Crippen molar-refractivity contribution in [2.24, 2.45) is 0 Å². The van der Waals surface area contributed by atoms with E-state index in [9.17, 15) is 0 Å². The minimum Gasteiger partial charge on any atom is -0.196 e. The van der Waals surface area contributed by atoms with Gasteiger partial charge in [-0.15, -0.1) is 16.4 Å². The highest BCUT2D eigenvalue weighted by molar-refractivity contribution is 7.19. The second kappa shape index (κ2) is 6.11. The van der Waals surface area contributed by atoms with Crippen LogP contribution in [0, 0.1) is 11.3 Å². The Bertz CT molecular complexity index is 1050. The average Bonchev–Trinajstić information content (AvgIpc) is 3.26. The largest absolute Gasteiger partial charge is 0.196 e. The first-order valence-corrected chi connectivity index (χ1v) is 8.23. The lowest BCUT2D eigenvalue weighted by Gasteiger charge is -1.98. The molecule has 114 valence electrons. The Hall–Kier alpha value is -3.23. The molecular formula is C19H12N4S. The van der Waals surface area contributed by atoms with Crippen molar-refractivity contribution in [1.82, 2.24) is 15.4 Å². The van der Waals surface area contributed by atoms with E-state index in [1.807, 2.05) is 30.3 Å². The molecule has 0 aliphatic rings. The maximum Gasteiger partial charge on any atom is 0.190 e. The van der Waals surface area contributed by atoms with Crippen molar-refractivity contribution in [3.8, 4) is 17.3 Å². The van der Waals surface area contributed by atoms with Crippen LogP contribution >= 0.6 is 11.3 Å². The molecule has 2 aromatic carbocycles. The summed E-state index contributed by atoms with van der Waals surface area (Å²) in [5.74, 6) is 0. The molecule has 0 radical (unpaired) electrons. The van der Waals surface area contributed by atoms with Gasteiger partial charge in [0.05, 0.1) is 0 Å². The molecule has 4 rings (SSSR count). The highest BCUT2D eigenvalue weighted by Crippen LogP contribution is 2.27. The Kier molecular flexibility index (Phi) is 3.66. The molecular weight excluding hydrogens is 316 g/mol. The van der Waals surface area contributed by atoms with E-state index < -0.39 is 0 Å². The average molecular weight is 328 g/mol. The van der Waals surface area contributed by atoms with Gasteiger partial charge in [-0.05, 0) is 35.2 Å². The van der Waals surface area contributed by atoms with Crippen LogP contribution in [0.25, 0.3) is 33.5 Å². The third-order valence-electron chi connectivity index (χ3n) is 3.70. The molecule has 0 unspecified atom stereocenters. The number of aromatic amines is 1. The lowest BCUT2D eigenvalue weighted by atomic mass is 10.1. The Morgan fingerprint density at radius 3 is 2.79 bits per heavy atom. The van der Waals surface area contributed by atoms with Gasteiger partial charge in [0, 0.05) is 15.1 Å². The number of thiophene rings is 1. The van der Waals surface area contributed by atoms with Gasteiger partial charge in [-0.1, -0.05) is 42.5 Å². The smallest absolute Gasteiger partial charge is 0.190 e.